The monoisotopic (exact) mass is 388 g/mol. The molecular formula is C22H32N2O4. The van der Waals surface area contributed by atoms with Gasteiger partial charge in [0.2, 0.25) is 5.91 Å². The van der Waals surface area contributed by atoms with Crippen LogP contribution in [-0.2, 0) is 16.1 Å². The zero-order chi connectivity index (χ0) is 20.6. The molecule has 3 rings (SSSR count). The second kappa shape index (κ2) is 8.10. The number of aromatic nitrogens is 1. The number of nitrogens with zero attached hydrogens (tertiary/aromatic N) is 2. The molecular weight excluding hydrogens is 356 g/mol. The smallest absolute Gasteiger partial charge is 0.355 e. The molecule has 0 aromatic carbocycles. The van der Waals surface area contributed by atoms with Gasteiger partial charge in [-0.15, -0.1) is 0 Å². The van der Waals surface area contributed by atoms with E-state index in [0.29, 0.717) is 23.4 Å². The van der Waals surface area contributed by atoms with Gasteiger partial charge in [-0.3, -0.25) is 9.59 Å². The summed E-state index contributed by atoms with van der Waals surface area (Å²) in [6, 6.07) is -0.328. The summed E-state index contributed by atoms with van der Waals surface area (Å²) in [5.41, 5.74) is 2.43. The first-order valence-corrected chi connectivity index (χ1v) is 10.6. The average molecular weight is 389 g/mol. The van der Waals surface area contributed by atoms with E-state index in [1.54, 1.807) is 13.8 Å². The van der Waals surface area contributed by atoms with Gasteiger partial charge in [-0.2, -0.15) is 0 Å². The SMILES string of the molecule is CCOC(=O)c1c(C)c(C(=O)C(C)N(C(=O)C2CCC2)C2CC2)c(C)n1CC. The van der Waals surface area contributed by atoms with E-state index >= 15 is 0 Å². The second-order valence-corrected chi connectivity index (χ2v) is 8.04. The molecule has 1 unspecified atom stereocenters. The van der Waals surface area contributed by atoms with Crippen LogP contribution >= 0.6 is 0 Å². The predicted molar refractivity (Wildman–Crippen MR) is 107 cm³/mol. The Balaban J connectivity index is 1.94. The predicted octanol–water partition coefficient (Wildman–Crippen LogP) is 3.66. The Morgan fingerprint density at radius 3 is 2.25 bits per heavy atom. The van der Waals surface area contributed by atoms with Crippen LogP contribution in [-0.4, -0.2) is 45.8 Å². The first-order chi connectivity index (χ1) is 13.3. The van der Waals surface area contributed by atoms with E-state index in [4.69, 9.17) is 4.74 Å². The average Bonchev–Trinajstić information content (AvgIpc) is 3.38. The molecule has 2 aliphatic rings. The highest BCUT2D eigenvalue weighted by molar-refractivity contribution is 6.06. The maximum Gasteiger partial charge on any atom is 0.355 e. The molecule has 28 heavy (non-hydrogen) atoms. The summed E-state index contributed by atoms with van der Waals surface area (Å²) in [5, 5.41) is 0. The van der Waals surface area contributed by atoms with Crippen molar-refractivity contribution in [2.24, 2.45) is 5.92 Å². The minimum absolute atomic E-state index is 0.0766. The molecule has 1 aromatic heterocycles. The summed E-state index contributed by atoms with van der Waals surface area (Å²) in [6.45, 7) is 10.1. The highest BCUT2D eigenvalue weighted by atomic mass is 16.5. The highest BCUT2D eigenvalue weighted by Crippen LogP contribution is 2.36. The van der Waals surface area contributed by atoms with E-state index in [1.807, 2.05) is 30.2 Å². The maximum absolute atomic E-state index is 13.5. The summed E-state index contributed by atoms with van der Waals surface area (Å²) in [4.78, 5) is 40.8. The van der Waals surface area contributed by atoms with Crippen LogP contribution in [0.3, 0.4) is 0 Å². The van der Waals surface area contributed by atoms with E-state index in [1.165, 1.54) is 0 Å². The zero-order valence-electron chi connectivity index (χ0n) is 17.7. The van der Waals surface area contributed by atoms with E-state index in [2.05, 4.69) is 0 Å². The third-order valence-electron chi connectivity index (χ3n) is 6.24. The Bertz CT molecular complexity index is 787. The highest BCUT2D eigenvalue weighted by Gasteiger charge is 2.43. The third-order valence-corrected chi connectivity index (χ3v) is 6.24. The van der Waals surface area contributed by atoms with Crippen LogP contribution in [0, 0.1) is 19.8 Å². The third kappa shape index (κ3) is 3.49. The van der Waals surface area contributed by atoms with Crippen LogP contribution in [0.5, 0.6) is 0 Å². The molecule has 1 aromatic rings. The van der Waals surface area contributed by atoms with Crippen molar-refractivity contribution in [2.45, 2.75) is 85.4 Å². The topological polar surface area (TPSA) is 68.6 Å². The number of carbonyl (C=O) groups is 3. The maximum atomic E-state index is 13.5. The number of ketones is 1. The molecule has 0 spiro atoms. The second-order valence-electron chi connectivity index (χ2n) is 8.04. The van der Waals surface area contributed by atoms with Crippen LogP contribution in [0.4, 0.5) is 0 Å². The molecule has 1 heterocycles. The molecule has 154 valence electrons. The van der Waals surface area contributed by atoms with Crippen LogP contribution < -0.4 is 0 Å². The van der Waals surface area contributed by atoms with Crippen molar-refractivity contribution < 1.29 is 19.1 Å². The van der Waals surface area contributed by atoms with E-state index < -0.39 is 12.0 Å². The lowest BCUT2D eigenvalue weighted by molar-refractivity contribution is -0.140. The fourth-order valence-electron chi connectivity index (χ4n) is 4.36. The first kappa shape index (κ1) is 20.6. The van der Waals surface area contributed by atoms with Crippen molar-refractivity contribution in [2.75, 3.05) is 6.61 Å². The molecule has 1 amide bonds. The Hall–Kier alpha value is -2.11. The van der Waals surface area contributed by atoms with Crippen molar-refractivity contribution in [1.29, 1.82) is 0 Å². The number of hydrogen-bond acceptors (Lipinski definition) is 4. The molecule has 2 aliphatic carbocycles. The molecule has 6 nitrogen and oxygen atoms in total. The number of Topliss-reactive ketones (excluding diaryl/α,β-unsaturated/α-hetero) is 1. The van der Waals surface area contributed by atoms with Crippen molar-refractivity contribution in [3.8, 4) is 0 Å². The Morgan fingerprint density at radius 1 is 1.14 bits per heavy atom. The van der Waals surface area contributed by atoms with Crippen molar-refractivity contribution in [1.82, 2.24) is 9.47 Å². The van der Waals surface area contributed by atoms with Gasteiger partial charge >= 0.3 is 5.97 Å². The van der Waals surface area contributed by atoms with Gasteiger partial charge < -0.3 is 14.2 Å². The van der Waals surface area contributed by atoms with Gasteiger partial charge in [0.15, 0.2) is 5.78 Å². The number of ether oxygens (including phenoxy) is 1. The van der Waals surface area contributed by atoms with Gasteiger partial charge in [0.25, 0.3) is 0 Å². The summed E-state index contributed by atoms with van der Waals surface area (Å²) in [6.07, 6.45) is 4.90. The summed E-state index contributed by atoms with van der Waals surface area (Å²) in [7, 11) is 0. The lowest BCUT2D eigenvalue weighted by Gasteiger charge is -2.35. The molecule has 0 aliphatic heterocycles. The van der Waals surface area contributed by atoms with Crippen LogP contribution in [0.25, 0.3) is 0 Å². The van der Waals surface area contributed by atoms with Crippen LogP contribution in [0.15, 0.2) is 0 Å². The molecule has 0 bridgehead atoms. The Morgan fingerprint density at radius 2 is 1.79 bits per heavy atom. The van der Waals surface area contributed by atoms with Crippen LogP contribution in [0.1, 0.15) is 85.0 Å². The molecule has 0 saturated heterocycles. The fourth-order valence-corrected chi connectivity index (χ4v) is 4.36. The lowest BCUT2D eigenvalue weighted by Crippen LogP contribution is -2.48. The number of amides is 1. The standard InChI is InChI=1S/C22H32N2O4/c1-6-23-14(4)18(13(3)19(23)22(27)28-7-2)20(25)15(5)24(17-11-12-17)21(26)16-9-8-10-16/h15-17H,6-12H2,1-5H3. The van der Waals surface area contributed by atoms with Crippen molar-refractivity contribution in [3.05, 3.63) is 22.5 Å². The molecule has 0 radical (unpaired) electrons. The number of hydrogen-bond donors (Lipinski definition) is 0. The fraction of sp³-hybridized carbons (Fsp3) is 0.682. The first-order valence-electron chi connectivity index (χ1n) is 10.6. The van der Waals surface area contributed by atoms with Gasteiger partial charge in [0.05, 0.1) is 12.6 Å². The lowest BCUT2D eigenvalue weighted by atomic mass is 9.83. The van der Waals surface area contributed by atoms with E-state index in [-0.39, 0.29) is 30.3 Å². The number of esters is 1. The normalized spacial score (nSPS) is 17.8. The molecule has 2 fully saturated rings. The largest absolute Gasteiger partial charge is 0.461 e. The molecule has 1 atom stereocenters. The van der Waals surface area contributed by atoms with Crippen molar-refractivity contribution in [3.63, 3.8) is 0 Å². The van der Waals surface area contributed by atoms with Gasteiger partial charge in [0, 0.05) is 29.8 Å². The Labute approximate surface area is 167 Å². The van der Waals surface area contributed by atoms with E-state index in [0.717, 1.165) is 37.8 Å². The summed E-state index contributed by atoms with van der Waals surface area (Å²) in [5.74, 6) is -0.271. The van der Waals surface area contributed by atoms with Gasteiger partial charge in [-0.25, -0.2) is 4.79 Å². The molecule has 2 saturated carbocycles. The number of carbonyl (C=O) groups excluding carboxylic acids is 3. The Kier molecular flexibility index (Phi) is 5.96. The molecule has 0 N–H and O–H groups in total. The minimum Gasteiger partial charge on any atom is -0.461 e. The quantitative estimate of drug-likeness (QED) is 0.503. The van der Waals surface area contributed by atoms with E-state index in [9.17, 15) is 14.4 Å². The molecule has 6 heteroatoms. The minimum atomic E-state index is -0.513. The van der Waals surface area contributed by atoms with Gasteiger partial charge in [-0.05, 0) is 65.9 Å². The zero-order valence-corrected chi connectivity index (χ0v) is 17.7. The summed E-state index contributed by atoms with van der Waals surface area (Å²) >= 11 is 0. The van der Waals surface area contributed by atoms with Crippen molar-refractivity contribution >= 4 is 17.7 Å². The summed E-state index contributed by atoms with van der Waals surface area (Å²) < 4.78 is 7.06. The number of rotatable bonds is 8. The van der Waals surface area contributed by atoms with Gasteiger partial charge in [0.1, 0.15) is 5.69 Å². The van der Waals surface area contributed by atoms with Gasteiger partial charge in [-0.1, -0.05) is 6.42 Å². The van der Waals surface area contributed by atoms with Crippen LogP contribution in [0.2, 0.25) is 0 Å².